The Hall–Kier alpha value is -2.71. The van der Waals surface area contributed by atoms with E-state index in [4.69, 9.17) is 0 Å². The van der Waals surface area contributed by atoms with Crippen molar-refractivity contribution >= 4 is 17.7 Å². The zero-order valence-corrected chi connectivity index (χ0v) is 13.5. The molecule has 0 aliphatic carbocycles. The molecule has 0 unspecified atom stereocenters. The van der Waals surface area contributed by atoms with Crippen LogP contribution in [0.25, 0.3) is 0 Å². The number of aliphatic carboxylic acids is 1. The predicted octanol–water partition coefficient (Wildman–Crippen LogP) is 1.24. The average Bonchev–Trinajstić information content (AvgIpc) is 3.02. The molecule has 0 amide bonds. The number of imidazole rings is 1. The molecule has 0 aromatic carbocycles. The molecule has 0 spiro atoms. The number of piperidine rings is 1. The topological polar surface area (TPSA) is 96.2 Å². The van der Waals surface area contributed by atoms with Crippen molar-refractivity contribution < 1.29 is 14.3 Å². The largest absolute Gasteiger partial charge is 0.479 e. The Kier molecular flexibility index (Phi) is 4.08. The van der Waals surface area contributed by atoms with Gasteiger partial charge in [0.05, 0.1) is 6.20 Å². The summed E-state index contributed by atoms with van der Waals surface area (Å²) in [5.74, 6) is -0.213. The van der Waals surface area contributed by atoms with E-state index in [2.05, 4.69) is 20.3 Å². The maximum atomic E-state index is 13.5. The predicted molar refractivity (Wildman–Crippen MR) is 85.6 cm³/mol. The van der Waals surface area contributed by atoms with Crippen LogP contribution in [-0.2, 0) is 10.3 Å². The summed E-state index contributed by atoms with van der Waals surface area (Å²) < 4.78 is 15.2. The van der Waals surface area contributed by atoms with Gasteiger partial charge in [-0.1, -0.05) is 0 Å². The summed E-state index contributed by atoms with van der Waals surface area (Å²) in [7, 11) is 1.59. The maximum absolute atomic E-state index is 13.5. The highest BCUT2D eigenvalue weighted by Crippen LogP contribution is 2.33. The van der Waals surface area contributed by atoms with E-state index in [1.807, 2.05) is 4.90 Å². The Morgan fingerprint density at radius 3 is 2.62 bits per heavy atom. The van der Waals surface area contributed by atoms with E-state index in [9.17, 15) is 14.3 Å². The van der Waals surface area contributed by atoms with Gasteiger partial charge < -0.3 is 19.9 Å². The molecule has 1 aliphatic rings. The first-order valence-corrected chi connectivity index (χ1v) is 7.67. The molecule has 2 aromatic heterocycles. The lowest BCUT2D eigenvalue weighted by Crippen LogP contribution is -2.51. The zero-order valence-electron chi connectivity index (χ0n) is 13.5. The lowest BCUT2D eigenvalue weighted by molar-refractivity contribution is -0.149. The number of anilines is 2. The number of nitrogens with zero attached hydrogens (tertiary/aromatic N) is 5. The van der Waals surface area contributed by atoms with E-state index in [0.717, 1.165) is 6.20 Å². The van der Waals surface area contributed by atoms with Gasteiger partial charge in [0.15, 0.2) is 11.6 Å². The standard InChI is InChI=1S/C15H19FN6O2/c1-10-18-5-8-22(10)15(13(23)24)3-6-21(7-4-15)14-19-9-11(16)12(17-2)20-14/h5,8-9H,3-4,6-7H2,1-2H3,(H,23,24)(H,17,19,20). The van der Waals surface area contributed by atoms with Crippen LogP contribution in [0.15, 0.2) is 18.6 Å². The number of nitrogens with one attached hydrogen (secondary N) is 1. The number of aromatic nitrogens is 4. The highest BCUT2D eigenvalue weighted by Gasteiger charge is 2.44. The molecule has 2 aromatic rings. The summed E-state index contributed by atoms with van der Waals surface area (Å²) >= 11 is 0. The monoisotopic (exact) mass is 334 g/mol. The summed E-state index contributed by atoms with van der Waals surface area (Å²) in [6.45, 7) is 2.71. The molecule has 0 radical (unpaired) electrons. The molecule has 0 bridgehead atoms. The Morgan fingerprint density at radius 1 is 1.38 bits per heavy atom. The number of carboxylic acids is 1. The molecule has 1 fully saturated rings. The summed E-state index contributed by atoms with van der Waals surface area (Å²) in [5.41, 5.74) is -1.02. The van der Waals surface area contributed by atoms with Crippen LogP contribution in [0.3, 0.4) is 0 Å². The van der Waals surface area contributed by atoms with E-state index in [1.54, 1.807) is 30.9 Å². The second-order valence-electron chi connectivity index (χ2n) is 5.78. The fourth-order valence-electron chi connectivity index (χ4n) is 3.15. The third-order valence-electron chi connectivity index (χ3n) is 4.53. The molecule has 1 saturated heterocycles. The fraction of sp³-hybridized carbons (Fsp3) is 0.467. The van der Waals surface area contributed by atoms with Gasteiger partial charge in [0.2, 0.25) is 5.95 Å². The Bertz CT molecular complexity index is 754. The van der Waals surface area contributed by atoms with Gasteiger partial charge in [-0.3, -0.25) is 0 Å². The first kappa shape index (κ1) is 16.2. The van der Waals surface area contributed by atoms with Crippen molar-refractivity contribution in [3.8, 4) is 0 Å². The summed E-state index contributed by atoms with van der Waals surface area (Å²) in [4.78, 5) is 26.1. The van der Waals surface area contributed by atoms with Crippen LogP contribution in [0, 0.1) is 12.7 Å². The Balaban J connectivity index is 1.84. The number of hydrogen-bond donors (Lipinski definition) is 2. The highest BCUT2D eigenvalue weighted by molar-refractivity contribution is 5.77. The first-order chi connectivity index (χ1) is 11.5. The van der Waals surface area contributed by atoms with E-state index in [0.29, 0.717) is 37.7 Å². The van der Waals surface area contributed by atoms with Gasteiger partial charge >= 0.3 is 5.97 Å². The second-order valence-corrected chi connectivity index (χ2v) is 5.78. The molecule has 9 heteroatoms. The van der Waals surface area contributed by atoms with Gasteiger partial charge in [-0.15, -0.1) is 0 Å². The molecular formula is C15H19FN6O2. The molecule has 0 atom stereocenters. The van der Waals surface area contributed by atoms with Crippen LogP contribution in [0.4, 0.5) is 16.2 Å². The molecule has 0 saturated carbocycles. The third-order valence-corrected chi connectivity index (χ3v) is 4.53. The van der Waals surface area contributed by atoms with E-state index < -0.39 is 17.3 Å². The molecule has 24 heavy (non-hydrogen) atoms. The average molecular weight is 334 g/mol. The van der Waals surface area contributed by atoms with Crippen LogP contribution in [0.5, 0.6) is 0 Å². The second kappa shape index (κ2) is 6.06. The van der Waals surface area contributed by atoms with Crippen molar-refractivity contribution in [3.05, 3.63) is 30.2 Å². The number of halogens is 1. The van der Waals surface area contributed by atoms with Gasteiger partial charge in [0.25, 0.3) is 0 Å². The lowest BCUT2D eigenvalue weighted by Gasteiger charge is -2.40. The van der Waals surface area contributed by atoms with Crippen LogP contribution >= 0.6 is 0 Å². The zero-order chi connectivity index (χ0) is 17.3. The van der Waals surface area contributed by atoms with E-state index in [-0.39, 0.29) is 5.82 Å². The maximum Gasteiger partial charge on any atom is 0.330 e. The first-order valence-electron chi connectivity index (χ1n) is 7.67. The minimum atomic E-state index is -1.02. The molecule has 3 rings (SSSR count). The van der Waals surface area contributed by atoms with Crippen LogP contribution in [0.1, 0.15) is 18.7 Å². The summed E-state index contributed by atoms with van der Waals surface area (Å²) in [6, 6.07) is 0. The number of hydrogen-bond acceptors (Lipinski definition) is 6. The van der Waals surface area contributed by atoms with Crippen molar-refractivity contribution in [1.29, 1.82) is 0 Å². The Labute approximate surface area is 138 Å². The van der Waals surface area contributed by atoms with Gasteiger partial charge in [-0.25, -0.2) is 19.2 Å². The number of carboxylic acid groups (broad SMARTS) is 1. The van der Waals surface area contributed by atoms with Crippen molar-refractivity contribution in [1.82, 2.24) is 19.5 Å². The molecular weight excluding hydrogens is 315 g/mol. The quantitative estimate of drug-likeness (QED) is 0.868. The fourth-order valence-corrected chi connectivity index (χ4v) is 3.15. The van der Waals surface area contributed by atoms with Gasteiger partial charge in [0, 0.05) is 32.5 Å². The van der Waals surface area contributed by atoms with Crippen LogP contribution < -0.4 is 10.2 Å². The molecule has 1 aliphatic heterocycles. The van der Waals surface area contributed by atoms with Gasteiger partial charge in [0.1, 0.15) is 11.4 Å². The molecule has 8 nitrogen and oxygen atoms in total. The van der Waals surface area contributed by atoms with Crippen molar-refractivity contribution in [3.63, 3.8) is 0 Å². The van der Waals surface area contributed by atoms with Crippen molar-refractivity contribution in [2.45, 2.75) is 25.3 Å². The van der Waals surface area contributed by atoms with Gasteiger partial charge in [-0.05, 0) is 19.8 Å². The lowest BCUT2D eigenvalue weighted by atomic mass is 9.87. The van der Waals surface area contributed by atoms with E-state index in [1.165, 1.54) is 0 Å². The Morgan fingerprint density at radius 2 is 2.08 bits per heavy atom. The van der Waals surface area contributed by atoms with Gasteiger partial charge in [-0.2, -0.15) is 4.98 Å². The van der Waals surface area contributed by atoms with Crippen molar-refractivity contribution in [2.75, 3.05) is 30.4 Å². The van der Waals surface area contributed by atoms with Crippen LogP contribution in [0.2, 0.25) is 0 Å². The minimum Gasteiger partial charge on any atom is -0.479 e. The third kappa shape index (κ3) is 2.55. The number of rotatable bonds is 4. The molecule has 128 valence electrons. The molecule has 2 N–H and O–H groups in total. The molecule has 3 heterocycles. The smallest absolute Gasteiger partial charge is 0.330 e. The minimum absolute atomic E-state index is 0.125. The van der Waals surface area contributed by atoms with Crippen molar-refractivity contribution in [2.24, 2.45) is 0 Å². The summed E-state index contributed by atoms with van der Waals surface area (Å²) in [5, 5.41) is 12.5. The normalized spacial score (nSPS) is 16.9. The van der Waals surface area contributed by atoms with E-state index >= 15 is 0 Å². The number of carbonyl (C=O) groups is 1. The number of aryl methyl sites for hydroxylation is 1. The van der Waals surface area contributed by atoms with Crippen LogP contribution in [-0.4, -0.2) is 50.7 Å². The highest BCUT2D eigenvalue weighted by atomic mass is 19.1. The summed E-state index contributed by atoms with van der Waals surface area (Å²) in [6.07, 6.45) is 5.19. The SMILES string of the molecule is CNc1nc(N2CCC(C(=O)O)(n3ccnc3C)CC2)ncc1F.